The van der Waals surface area contributed by atoms with Crippen molar-refractivity contribution in [3.63, 3.8) is 0 Å². The monoisotopic (exact) mass is 206 g/mol. The highest BCUT2D eigenvalue weighted by Gasteiger charge is 2.32. The number of nitrogens with one attached hydrogen (secondary N) is 1. The lowest BCUT2D eigenvalue weighted by Gasteiger charge is -2.22. The van der Waals surface area contributed by atoms with Crippen LogP contribution in [-0.4, -0.2) is 18.5 Å². The molecular formula is C12H18N2O. The summed E-state index contributed by atoms with van der Waals surface area (Å²) < 4.78 is 5.32. The zero-order chi connectivity index (χ0) is 10.7. The number of benzene rings is 1. The van der Waals surface area contributed by atoms with Crippen LogP contribution in [0.2, 0.25) is 0 Å². The fourth-order valence-corrected chi connectivity index (χ4v) is 1.91. The Morgan fingerprint density at radius 3 is 2.80 bits per heavy atom. The molecule has 0 spiro atoms. The minimum Gasteiger partial charge on any atom is -0.348 e. The van der Waals surface area contributed by atoms with Crippen molar-refractivity contribution in [3.8, 4) is 0 Å². The Hall–Kier alpha value is -0.900. The molecule has 0 amide bonds. The lowest BCUT2D eigenvalue weighted by atomic mass is 9.95. The van der Waals surface area contributed by atoms with Crippen LogP contribution in [0.25, 0.3) is 0 Å². The molecule has 0 saturated carbocycles. The normalized spacial score (nSPS) is 30.7. The van der Waals surface area contributed by atoms with Gasteiger partial charge in [-0.1, -0.05) is 30.3 Å². The standard InChI is InChI=1S/C12H18N2O/c1-12(9-15-11(13)14-12)8-7-10-5-3-2-4-6-10/h2-6,11,14H,7-9,13H2,1H3/t11?,12-/m1/s1. The van der Waals surface area contributed by atoms with Crippen molar-refractivity contribution in [3.05, 3.63) is 35.9 Å². The first kappa shape index (κ1) is 10.6. The minimum atomic E-state index is -0.300. The Morgan fingerprint density at radius 1 is 1.47 bits per heavy atom. The van der Waals surface area contributed by atoms with Crippen LogP contribution in [0.4, 0.5) is 0 Å². The molecule has 82 valence electrons. The Labute approximate surface area is 90.6 Å². The van der Waals surface area contributed by atoms with E-state index in [1.54, 1.807) is 0 Å². The molecular weight excluding hydrogens is 188 g/mol. The number of nitrogens with two attached hydrogens (primary N) is 1. The second-order valence-electron chi connectivity index (χ2n) is 4.42. The Kier molecular flexibility index (Phi) is 3.05. The third-order valence-electron chi connectivity index (χ3n) is 2.88. The summed E-state index contributed by atoms with van der Waals surface area (Å²) in [4.78, 5) is 0. The van der Waals surface area contributed by atoms with Crippen LogP contribution in [-0.2, 0) is 11.2 Å². The molecule has 0 radical (unpaired) electrons. The number of aryl methyl sites for hydroxylation is 1. The highest BCUT2D eigenvalue weighted by Crippen LogP contribution is 2.19. The number of hydrogen-bond acceptors (Lipinski definition) is 3. The van der Waals surface area contributed by atoms with E-state index in [-0.39, 0.29) is 11.9 Å². The summed E-state index contributed by atoms with van der Waals surface area (Å²) in [5.41, 5.74) is 7.03. The van der Waals surface area contributed by atoms with Crippen LogP contribution in [0.1, 0.15) is 18.9 Å². The summed E-state index contributed by atoms with van der Waals surface area (Å²) in [5.74, 6) is 0. The van der Waals surface area contributed by atoms with Crippen molar-refractivity contribution in [2.75, 3.05) is 6.61 Å². The zero-order valence-corrected chi connectivity index (χ0v) is 9.07. The van der Waals surface area contributed by atoms with Gasteiger partial charge in [0.25, 0.3) is 0 Å². The van der Waals surface area contributed by atoms with Gasteiger partial charge >= 0.3 is 0 Å². The molecule has 1 saturated heterocycles. The summed E-state index contributed by atoms with van der Waals surface area (Å²) in [7, 11) is 0. The van der Waals surface area contributed by atoms with E-state index < -0.39 is 0 Å². The molecule has 1 fully saturated rings. The molecule has 1 aromatic rings. The minimum absolute atomic E-state index is 0.0231. The third kappa shape index (κ3) is 2.78. The summed E-state index contributed by atoms with van der Waals surface area (Å²) in [6.07, 6.45) is 1.80. The van der Waals surface area contributed by atoms with Gasteiger partial charge in [-0.2, -0.15) is 0 Å². The van der Waals surface area contributed by atoms with Gasteiger partial charge in [-0.15, -0.1) is 0 Å². The van der Waals surface area contributed by atoms with Crippen LogP contribution in [0.5, 0.6) is 0 Å². The molecule has 3 nitrogen and oxygen atoms in total. The van der Waals surface area contributed by atoms with E-state index in [0.717, 1.165) is 12.8 Å². The molecule has 1 aliphatic rings. The number of ether oxygens (including phenoxy) is 1. The summed E-state index contributed by atoms with van der Waals surface area (Å²) in [6.45, 7) is 2.85. The maximum atomic E-state index is 5.65. The average Bonchev–Trinajstić information content (AvgIpc) is 2.58. The Bertz CT molecular complexity index is 315. The second kappa shape index (κ2) is 4.31. The van der Waals surface area contributed by atoms with Gasteiger partial charge in [0.1, 0.15) is 0 Å². The largest absolute Gasteiger partial charge is 0.348 e. The second-order valence-corrected chi connectivity index (χ2v) is 4.42. The molecule has 2 atom stereocenters. The van der Waals surface area contributed by atoms with E-state index in [2.05, 4.69) is 36.5 Å². The fraction of sp³-hybridized carbons (Fsp3) is 0.500. The zero-order valence-electron chi connectivity index (χ0n) is 9.07. The van der Waals surface area contributed by atoms with Gasteiger partial charge in [-0.3, -0.25) is 11.1 Å². The van der Waals surface area contributed by atoms with Crippen molar-refractivity contribution in [1.82, 2.24) is 5.32 Å². The number of rotatable bonds is 3. The van der Waals surface area contributed by atoms with Crippen LogP contribution < -0.4 is 11.1 Å². The van der Waals surface area contributed by atoms with E-state index in [0.29, 0.717) is 6.61 Å². The van der Waals surface area contributed by atoms with E-state index in [1.165, 1.54) is 5.56 Å². The van der Waals surface area contributed by atoms with Crippen molar-refractivity contribution >= 4 is 0 Å². The maximum absolute atomic E-state index is 5.65. The van der Waals surface area contributed by atoms with Gasteiger partial charge in [0.15, 0.2) is 6.35 Å². The predicted molar refractivity (Wildman–Crippen MR) is 60.2 cm³/mol. The molecule has 0 aromatic heterocycles. The molecule has 0 aliphatic carbocycles. The van der Waals surface area contributed by atoms with Gasteiger partial charge < -0.3 is 4.74 Å². The van der Waals surface area contributed by atoms with Crippen LogP contribution >= 0.6 is 0 Å². The first-order chi connectivity index (χ1) is 7.18. The lowest BCUT2D eigenvalue weighted by molar-refractivity contribution is 0.103. The van der Waals surface area contributed by atoms with Crippen molar-refractivity contribution < 1.29 is 4.74 Å². The van der Waals surface area contributed by atoms with Crippen LogP contribution in [0.3, 0.4) is 0 Å². The quantitative estimate of drug-likeness (QED) is 0.782. The first-order valence-corrected chi connectivity index (χ1v) is 5.37. The van der Waals surface area contributed by atoms with E-state index in [4.69, 9.17) is 10.5 Å². The summed E-state index contributed by atoms with van der Waals surface area (Å²) in [6, 6.07) is 10.5. The van der Waals surface area contributed by atoms with Gasteiger partial charge in [0.05, 0.1) is 6.61 Å². The van der Waals surface area contributed by atoms with Crippen molar-refractivity contribution in [2.24, 2.45) is 5.73 Å². The highest BCUT2D eigenvalue weighted by molar-refractivity contribution is 5.15. The van der Waals surface area contributed by atoms with Crippen LogP contribution in [0, 0.1) is 0 Å². The molecule has 3 heteroatoms. The van der Waals surface area contributed by atoms with Gasteiger partial charge in [0, 0.05) is 5.54 Å². The molecule has 1 aliphatic heterocycles. The van der Waals surface area contributed by atoms with Gasteiger partial charge in [-0.25, -0.2) is 0 Å². The predicted octanol–water partition coefficient (Wildman–Crippen LogP) is 1.24. The topological polar surface area (TPSA) is 47.3 Å². The molecule has 1 heterocycles. The van der Waals surface area contributed by atoms with Crippen LogP contribution in [0.15, 0.2) is 30.3 Å². The smallest absolute Gasteiger partial charge is 0.161 e. The summed E-state index contributed by atoms with van der Waals surface area (Å²) >= 11 is 0. The Morgan fingerprint density at radius 2 is 2.20 bits per heavy atom. The SMILES string of the molecule is C[C@@]1(CCc2ccccc2)COC(N)N1. The molecule has 2 rings (SSSR count). The fourth-order valence-electron chi connectivity index (χ4n) is 1.91. The average molecular weight is 206 g/mol. The molecule has 1 unspecified atom stereocenters. The van der Waals surface area contributed by atoms with Gasteiger partial charge in [-0.05, 0) is 25.3 Å². The van der Waals surface area contributed by atoms with Gasteiger partial charge in [0.2, 0.25) is 0 Å². The molecule has 1 aromatic carbocycles. The first-order valence-electron chi connectivity index (χ1n) is 5.37. The number of hydrogen-bond donors (Lipinski definition) is 2. The van der Waals surface area contributed by atoms with E-state index in [9.17, 15) is 0 Å². The van der Waals surface area contributed by atoms with E-state index >= 15 is 0 Å². The molecule has 15 heavy (non-hydrogen) atoms. The van der Waals surface area contributed by atoms with Crippen molar-refractivity contribution in [1.29, 1.82) is 0 Å². The van der Waals surface area contributed by atoms with Crippen molar-refractivity contribution in [2.45, 2.75) is 31.7 Å². The third-order valence-corrected chi connectivity index (χ3v) is 2.88. The molecule has 3 N–H and O–H groups in total. The highest BCUT2D eigenvalue weighted by atomic mass is 16.5. The maximum Gasteiger partial charge on any atom is 0.161 e. The Balaban J connectivity index is 1.88. The molecule has 0 bridgehead atoms. The van der Waals surface area contributed by atoms with E-state index in [1.807, 2.05) is 6.07 Å². The lowest BCUT2D eigenvalue weighted by Crippen LogP contribution is -2.45. The summed E-state index contributed by atoms with van der Waals surface area (Å²) in [5, 5.41) is 3.26.